The predicted molar refractivity (Wildman–Crippen MR) is 154 cm³/mol. The second-order valence-corrected chi connectivity index (χ2v) is 11.6. The first-order valence-electron chi connectivity index (χ1n) is 13.9. The molecule has 0 aromatic heterocycles. The van der Waals surface area contributed by atoms with E-state index in [0.29, 0.717) is 23.5 Å². The monoisotopic (exact) mass is 606 g/mol. The predicted octanol–water partition coefficient (Wildman–Crippen LogP) is 5.41. The van der Waals surface area contributed by atoms with Gasteiger partial charge in [-0.05, 0) is 43.9 Å². The van der Waals surface area contributed by atoms with Gasteiger partial charge in [0.25, 0.3) is 5.91 Å². The number of nitrogens with zero attached hydrogens (tertiary/aromatic N) is 2. The van der Waals surface area contributed by atoms with Gasteiger partial charge in [0.15, 0.2) is 0 Å². The van der Waals surface area contributed by atoms with Crippen LogP contribution in [0, 0.1) is 23.6 Å². The van der Waals surface area contributed by atoms with Crippen LogP contribution < -0.4 is 16.0 Å². The molecular weight excluding hydrogens is 572 g/mol. The van der Waals surface area contributed by atoms with Crippen LogP contribution in [0.2, 0.25) is 0 Å². The van der Waals surface area contributed by atoms with Gasteiger partial charge in [-0.25, -0.2) is 9.38 Å². The van der Waals surface area contributed by atoms with Crippen LogP contribution in [0.3, 0.4) is 0 Å². The van der Waals surface area contributed by atoms with Gasteiger partial charge in [0.05, 0.1) is 17.3 Å². The number of hydrogen-bond donors (Lipinski definition) is 2. The van der Waals surface area contributed by atoms with Crippen molar-refractivity contribution in [3.63, 3.8) is 0 Å². The fourth-order valence-corrected chi connectivity index (χ4v) is 5.83. The number of halogens is 4. The molecule has 1 fully saturated rings. The van der Waals surface area contributed by atoms with Crippen molar-refractivity contribution in [2.24, 2.45) is 28.5 Å². The molecule has 3 amide bonds. The van der Waals surface area contributed by atoms with Crippen LogP contribution in [-0.4, -0.2) is 47.9 Å². The van der Waals surface area contributed by atoms with Crippen LogP contribution in [0.25, 0.3) is 0 Å². The van der Waals surface area contributed by atoms with Gasteiger partial charge >= 0.3 is 6.18 Å². The molecule has 3 N–H and O–H groups in total. The van der Waals surface area contributed by atoms with Crippen molar-refractivity contribution < 1.29 is 31.9 Å². The van der Waals surface area contributed by atoms with Gasteiger partial charge < -0.3 is 11.1 Å². The molecule has 0 radical (unpaired) electrons. The van der Waals surface area contributed by atoms with Crippen LogP contribution in [0.1, 0.15) is 56.1 Å². The lowest BCUT2D eigenvalue weighted by molar-refractivity contribution is -0.140. The fourth-order valence-electron chi connectivity index (χ4n) is 5.31. The van der Waals surface area contributed by atoms with Crippen LogP contribution in [0.15, 0.2) is 53.5 Å². The lowest BCUT2D eigenvalue weighted by Crippen LogP contribution is -2.50. The molecule has 3 atom stereocenters. The summed E-state index contributed by atoms with van der Waals surface area (Å²) in [4.78, 5) is 45.9. The Balaban J connectivity index is 1.71. The Morgan fingerprint density at radius 3 is 2.43 bits per heavy atom. The van der Waals surface area contributed by atoms with Gasteiger partial charge in [-0.2, -0.15) is 13.2 Å². The molecule has 42 heavy (non-hydrogen) atoms. The summed E-state index contributed by atoms with van der Waals surface area (Å²) in [5.74, 6) is -4.67. The Morgan fingerprint density at radius 2 is 1.81 bits per heavy atom. The largest absolute Gasteiger partial charge is 0.389 e. The van der Waals surface area contributed by atoms with Gasteiger partial charge in [0.1, 0.15) is 5.82 Å². The first-order valence-corrected chi connectivity index (χ1v) is 15.3. The summed E-state index contributed by atoms with van der Waals surface area (Å²) in [6.07, 6.45) is -3.10. The molecule has 2 aromatic rings. The number of anilines is 1. The zero-order valence-electron chi connectivity index (χ0n) is 23.2. The van der Waals surface area contributed by atoms with E-state index in [1.165, 1.54) is 28.8 Å². The number of hydrogen-bond acceptors (Lipinski definition) is 5. The lowest BCUT2D eigenvalue weighted by atomic mass is 9.82. The molecule has 2 aromatic carbocycles. The molecule has 0 saturated heterocycles. The van der Waals surface area contributed by atoms with Crippen LogP contribution in [0.5, 0.6) is 0 Å². The number of nitrogens with two attached hydrogens (primary N) is 1. The number of thioether (sulfide) groups is 1. The van der Waals surface area contributed by atoms with Crippen LogP contribution in [0.4, 0.5) is 23.2 Å². The highest BCUT2D eigenvalue weighted by Crippen LogP contribution is 2.37. The Hall–Kier alpha value is -3.41. The minimum Gasteiger partial charge on any atom is -0.369 e. The number of aliphatic imine (C=N–C) groups is 1. The van der Waals surface area contributed by atoms with E-state index in [-0.39, 0.29) is 36.5 Å². The van der Waals surface area contributed by atoms with E-state index in [9.17, 15) is 27.6 Å². The van der Waals surface area contributed by atoms with E-state index in [4.69, 9.17) is 5.73 Å². The van der Waals surface area contributed by atoms with Crippen molar-refractivity contribution in [3.8, 4) is 0 Å². The van der Waals surface area contributed by atoms with Crippen molar-refractivity contribution in [2.75, 3.05) is 17.0 Å². The minimum absolute atomic E-state index is 0.0115. The topological polar surface area (TPSA) is 105 Å². The zero-order valence-corrected chi connectivity index (χ0v) is 24.0. The molecule has 0 bridgehead atoms. The summed E-state index contributed by atoms with van der Waals surface area (Å²) in [6.45, 7) is 0. The number of fused-ring (bicyclic) bond motifs is 1. The molecule has 0 spiro atoms. The van der Waals surface area contributed by atoms with E-state index in [1.54, 1.807) is 42.7 Å². The number of carbonyl (C=O) groups excluding carboxylic acids is 3. The molecule has 226 valence electrons. The highest BCUT2D eigenvalue weighted by atomic mass is 32.2. The molecule has 1 saturated carbocycles. The molecule has 4 rings (SSSR count). The average Bonchev–Trinajstić information content (AvgIpc) is 3.77. The van der Waals surface area contributed by atoms with Crippen LogP contribution >= 0.6 is 11.8 Å². The molecular formula is C30H34F4N4O3S. The Kier molecular flexibility index (Phi) is 10.3. The van der Waals surface area contributed by atoms with E-state index in [0.717, 1.165) is 12.8 Å². The van der Waals surface area contributed by atoms with Crippen molar-refractivity contribution >= 4 is 40.9 Å². The zero-order chi connectivity index (χ0) is 30.4. The van der Waals surface area contributed by atoms with Gasteiger partial charge in [-0.1, -0.05) is 55.3 Å². The second-order valence-electron chi connectivity index (χ2n) is 10.7. The third-order valence-corrected chi connectivity index (χ3v) is 8.12. The number of rotatable bonds is 13. The number of amides is 3. The van der Waals surface area contributed by atoms with Gasteiger partial charge in [-0.15, -0.1) is 11.8 Å². The molecule has 1 aliphatic heterocycles. The number of alkyl halides is 3. The third-order valence-electron chi connectivity index (χ3n) is 7.60. The van der Waals surface area contributed by atoms with Gasteiger partial charge in [0.2, 0.25) is 18.0 Å². The van der Waals surface area contributed by atoms with E-state index >= 15 is 4.39 Å². The summed E-state index contributed by atoms with van der Waals surface area (Å²) in [5, 5.41) is 2.60. The first-order chi connectivity index (χ1) is 20.0. The maximum Gasteiger partial charge on any atom is 0.389 e. The Bertz CT molecular complexity index is 1320. The quantitative estimate of drug-likeness (QED) is 0.298. The number of carbonyl (C=O) groups is 3. The van der Waals surface area contributed by atoms with Gasteiger partial charge in [-0.3, -0.25) is 19.3 Å². The average molecular weight is 607 g/mol. The number of nitrogens with one attached hydrogen (secondary N) is 1. The number of primary amides is 1. The SMILES string of the molecule is CSCN1C(=O)C(NC(=O)C(CCCC(F)(F)F)C(CCC2CC2)C(N)=O)N=C(c2ccccc2)c2cccc(F)c21. The highest BCUT2D eigenvalue weighted by molar-refractivity contribution is 7.98. The van der Waals surface area contributed by atoms with Crippen molar-refractivity contribution in [2.45, 2.75) is 57.3 Å². The Morgan fingerprint density at radius 1 is 1.10 bits per heavy atom. The fraction of sp³-hybridized carbons (Fsp3) is 0.467. The summed E-state index contributed by atoms with van der Waals surface area (Å²) in [5.41, 5.74) is 6.87. The van der Waals surface area contributed by atoms with Crippen molar-refractivity contribution in [1.29, 1.82) is 0 Å². The summed E-state index contributed by atoms with van der Waals surface area (Å²) in [6, 6.07) is 13.1. The summed E-state index contributed by atoms with van der Waals surface area (Å²) >= 11 is 1.26. The molecule has 2 aliphatic rings. The second kappa shape index (κ2) is 13.7. The molecule has 7 nitrogen and oxygen atoms in total. The van der Waals surface area contributed by atoms with Crippen LogP contribution in [-0.2, 0) is 14.4 Å². The molecule has 1 heterocycles. The smallest absolute Gasteiger partial charge is 0.369 e. The van der Waals surface area contributed by atoms with E-state index < -0.39 is 54.1 Å². The number of benzene rings is 2. The summed E-state index contributed by atoms with van der Waals surface area (Å²) in [7, 11) is 0. The first kappa shape index (κ1) is 31.5. The van der Waals surface area contributed by atoms with Crippen molar-refractivity contribution in [3.05, 3.63) is 65.5 Å². The summed E-state index contributed by atoms with van der Waals surface area (Å²) < 4.78 is 54.3. The normalized spacial score (nSPS) is 18.5. The third kappa shape index (κ3) is 7.90. The minimum atomic E-state index is -4.43. The number of benzodiazepines with no additional fused rings is 1. The van der Waals surface area contributed by atoms with Crippen molar-refractivity contribution in [1.82, 2.24) is 5.32 Å². The van der Waals surface area contributed by atoms with E-state index in [1.807, 2.05) is 0 Å². The highest BCUT2D eigenvalue weighted by Gasteiger charge is 2.39. The molecule has 1 aliphatic carbocycles. The van der Waals surface area contributed by atoms with Gasteiger partial charge in [0, 0.05) is 29.4 Å². The maximum absolute atomic E-state index is 15.3. The standard InChI is InChI=1S/C30H34F4N4O3S/c1-42-17-38-25-22(9-5-11-23(25)31)24(19-7-3-2-4-8-19)36-27(29(38)41)37-28(40)21(10-6-16-30(32,33)34)20(26(35)39)15-14-18-12-13-18/h2-5,7-9,11,18,20-21,27H,6,10,12-17H2,1H3,(H2,35,39)(H,37,40). The maximum atomic E-state index is 15.3. The molecule has 3 unspecified atom stereocenters. The van der Waals surface area contributed by atoms with E-state index in [2.05, 4.69) is 10.3 Å². The number of para-hydroxylation sites is 1. The Labute approximate surface area is 246 Å². The lowest BCUT2D eigenvalue weighted by Gasteiger charge is -2.28. The molecule has 12 heteroatoms.